The van der Waals surface area contributed by atoms with Crippen LogP contribution in [0.15, 0.2) is 16.7 Å². The van der Waals surface area contributed by atoms with Crippen LogP contribution in [0.5, 0.6) is 0 Å². The zero-order valence-electron chi connectivity index (χ0n) is 8.59. The van der Waals surface area contributed by atoms with Crippen LogP contribution in [0.4, 0.5) is 20.3 Å². The number of pyridine rings is 1. The maximum absolute atomic E-state index is 13.0. The molecule has 1 aliphatic heterocycles. The highest BCUT2D eigenvalue weighted by atomic mass is 79.9. The third-order valence-electron chi connectivity index (χ3n) is 2.67. The van der Waals surface area contributed by atoms with Crippen molar-refractivity contribution in [3.63, 3.8) is 0 Å². The second kappa shape index (κ2) is 4.16. The first-order valence-corrected chi connectivity index (χ1v) is 5.82. The Labute approximate surface area is 101 Å². The van der Waals surface area contributed by atoms with E-state index in [9.17, 15) is 8.78 Å². The van der Waals surface area contributed by atoms with Crippen LogP contribution < -0.4 is 10.6 Å². The van der Waals surface area contributed by atoms with Crippen LogP contribution in [-0.4, -0.2) is 24.0 Å². The molecule has 1 aromatic rings. The molecule has 3 nitrogen and oxygen atoms in total. The Kier molecular flexibility index (Phi) is 3.01. The molecule has 0 unspecified atom stereocenters. The maximum Gasteiger partial charge on any atom is 0.251 e. The van der Waals surface area contributed by atoms with Crippen molar-refractivity contribution in [2.24, 2.45) is 0 Å². The van der Waals surface area contributed by atoms with Gasteiger partial charge in [-0.15, -0.1) is 0 Å². The van der Waals surface area contributed by atoms with Gasteiger partial charge in [0.2, 0.25) is 0 Å². The van der Waals surface area contributed by atoms with E-state index in [4.69, 9.17) is 5.73 Å². The second-order valence-electron chi connectivity index (χ2n) is 3.89. The molecule has 1 aromatic heterocycles. The van der Waals surface area contributed by atoms with Gasteiger partial charge in [-0.25, -0.2) is 13.8 Å². The Hall–Kier alpha value is -0.910. The molecule has 2 rings (SSSR count). The van der Waals surface area contributed by atoms with Gasteiger partial charge in [0, 0.05) is 25.9 Å². The Morgan fingerprint density at radius 1 is 1.31 bits per heavy atom. The molecule has 88 valence electrons. The fourth-order valence-corrected chi connectivity index (χ4v) is 2.04. The van der Waals surface area contributed by atoms with Crippen molar-refractivity contribution in [2.75, 3.05) is 23.7 Å². The largest absolute Gasteiger partial charge is 0.396 e. The highest BCUT2D eigenvalue weighted by Crippen LogP contribution is 2.32. The summed E-state index contributed by atoms with van der Waals surface area (Å²) < 4.78 is 26.6. The maximum atomic E-state index is 13.0. The van der Waals surface area contributed by atoms with Gasteiger partial charge in [-0.1, -0.05) is 0 Å². The molecular weight excluding hydrogens is 280 g/mol. The van der Waals surface area contributed by atoms with Gasteiger partial charge in [0.05, 0.1) is 5.69 Å². The lowest BCUT2D eigenvalue weighted by Gasteiger charge is -2.33. The van der Waals surface area contributed by atoms with Crippen LogP contribution in [0.3, 0.4) is 0 Å². The molecule has 0 bridgehead atoms. The van der Waals surface area contributed by atoms with Gasteiger partial charge in [-0.05, 0) is 28.1 Å². The lowest BCUT2D eigenvalue weighted by atomic mass is 10.1. The highest BCUT2D eigenvalue weighted by Gasteiger charge is 2.34. The van der Waals surface area contributed by atoms with Gasteiger partial charge in [0.1, 0.15) is 4.60 Å². The molecule has 1 fully saturated rings. The summed E-state index contributed by atoms with van der Waals surface area (Å²) in [6.07, 6.45) is -0.277. The first kappa shape index (κ1) is 11.6. The number of aromatic nitrogens is 1. The third kappa shape index (κ3) is 2.42. The number of rotatable bonds is 1. The molecule has 0 amide bonds. The summed E-state index contributed by atoms with van der Waals surface area (Å²) in [5, 5.41) is 0. The number of hydrogen-bond acceptors (Lipinski definition) is 3. The summed E-state index contributed by atoms with van der Waals surface area (Å²) in [7, 11) is 0. The van der Waals surface area contributed by atoms with E-state index in [0.29, 0.717) is 29.2 Å². The molecule has 0 aromatic carbocycles. The fraction of sp³-hybridized carbons (Fsp3) is 0.500. The molecule has 0 saturated carbocycles. The molecule has 0 spiro atoms. The van der Waals surface area contributed by atoms with Crippen LogP contribution in [0.1, 0.15) is 12.8 Å². The van der Waals surface area contributed by atoms with Crippen LogP contribution in [0.25, 0.3) is 0 Å². The standard InChI is InChI=1S/C10H12BrF2N3/c11-8-2-1-7(14)9(15-8)16-5-3-10(12,13)4-6-16/h1-2H,3-6,14H2. The van der Waals surface area contributed by atoms with Crippen LogP contribution >= 0.6 is 15.9 Å². The zero-order valence-corrected chi connectivity index (χ0v) is 10.2. The number of halogens is 3. The van der Waals surface area contributed by atoms with Gasteiger partial charge in [-0.2, -0.15) is 0 Å². The summed E-state index contributed by atoms with van der Waals surface area (Å²) in [4.78, 5) is 6.02. The van der Waals surface area contributed by atoms with Crippen molar-refractivity contribution in [1.29, 1.82) is 0 Å². The van der Waals surface area contributed by atoms with Crippen molar-refractivity contribution >= 4 is 27.4 Å². The smallest absolute Gasteiger partial charge is 0.251 e. The number of nitrogens with two attached hydrogens (primary N) is 1. The van der Waals surface area contributed by atoms with E-state index in [1.54, 1.807) is 17.0 Å². The minimum Gasteiger partial charge on any atom is -0.396 e. The first-order valence-electron chi connectivity index (χ1n) is 5.03. The van der Waals surface area contributed by atoms with Gasteiger partial charge in [0.25, 0.3) is 5.92 Å². The molecule has 2 heterocycles. The van der Waals surface area contributed by atoms with E-state index >= 15 is 0 Å². The number of nitrogens with zero attached hydrogens (tertiary/aromatic N) is 2. The van der Waals surface area contributed by atoms with E-state index in [1.165, 1.54) is 0 Å². The summed E-state index contributed by atoms with van der Waals surface area (Å²) in [5.74, 6) is -1.96. The third-order valence-corrected chi connectivity index (χ3v) is 3.11. The van der Waals surface area contributed by atoms with Crippen LogP contribution in [0, 0.1) is 0 Å². The lowest BCUT2D eigenvalue weighted by Crippen LogP contribution is -2.40. The highest BCUT2D eigenvalue weighted by molar-refractivity contribution is 9.10. The minimum atomic E-state index is -2.54. The molecule has 16 heavy (non-hydrogen) atoms. The average Bonchev–Trinajstić information content (AvgIpc) is 2.22. The van der Waals surface area contributed by atoms with Crippen LogP contribution in [0.2, 0.25) is 0 Å². The van der Waals surface area contributed by atoms with Gasteiger partial charge < -0.3 is 10.6 Å². The van der Waals surface area contributed by atoms with E-state index in [0.717, 1.165) is 0 Å². The summed E-state index contributed by atoms with van der Waals surface area (Å²) >= 11 is 3.24. The second-order valence-corrected chi connectivity index (χ2v) is 4.70. The fourth-order valence-electron chi connectivity index (χ4n) is 1.74. The van der Waals surface area contributed by atoms with Crippen molar-refractivity contribution in [2.45, 2.75) is 18.8 Å². The summed E-state index contributed by atoms with van der Waals surface area (Å²) in [5.41, 5.74) is 6.30. The van der Waals surface area contributed by atoms with Gasteiger partial charge in [-0.3, -0.25) is 0 Å². The molecule has 1 aliphatic rings. The monoisotopic (exact) mass is 291 g/mol. The van der Waals surface area contributed by atoms with E-state index in [1.807, 2.05) is 0 Å². The van der Waals surface area contributed by atoms with Crippen molar-refractivity contribution in [3.05, 3.63) is 16.7 Å². The molecule has 1 saturated heterocycles. The predicted octanol–water partition coefficient (Wildman–Crippen LogP) is 2.66. The molecule has 2 N–H and O–H groups in total. The topological polar surface area (TPSA) is 42.1 Å². The first-order chi connectivity index (χ1) is 7.48. The predicted molar refractivity (Wildman–Crippen MR) is 62.7 cm³/mol. The number of alkyl halides is 2. The lowest BCUT2D eigenvalue weighted by molar-refractivity contribution is -0.0221. The van der Waals surface area contributed by atoms with E-state index in [-0.39, 0.29) is 12.8 Å². The Bertz CT molecular complexity index is 388. The van der Waals surface area contributed by atoms with Crippen molar-refractivity contribution in [3.8, 4) is 0 Å². The molecule has 0 aliphatic carbocycles. The quantitative estimate of drug-likeness (QED) is 0.809. The number of hydrogen-bond donors (Lipinski definition) is 1. The summed E-state index contributed by atoms with van der Waals surface area (Å²) in [6, 6.07) is 3.45. The number of piperidine rings is 1. The minimum absolute atomic E-state index is 0.138. The van der Waals surface area contributed by atoms with E-state index < -0.39 is 5.92 Å². The van der Waals surface area contributed by atoms with Crippen molar-refractivity contribution in [1.82, 2.24) is 4.98 Å². The van der Waals surface area contributed by atoms with E-state index in [2.05, 4.69) is 20.9 Å². The Balaban J connectivity index is 2.17. The van der Waals surface area contributed by atoms with Gasteiger partial charge in [0.15, 0.2) is 5.82 Å². The summed E-state index contributed by atoms with van der Waals surface area (Å²) in [6.45, 7) is 0.585. The Morgan fingerprint density at radius 2 is 1.94 bits per heavy atom. The molecule has 0 atom stereocenters. The molecular formula is C10H12BrF2N3. The van der Waals surface area contributed by atoms with Gasteiger partial charge >= 0.3 is 0 Å². The Morgan fingerprint density at radius 3 is 2.56 bits per heavy atom. The number of nitrogen functional groups attached to an aromatic ring is 1. The molecule has 6 heteroatoms. The normalized spacial score (nSPS) is 19.8. The number of anilines is 2. The zero-order chi connectivity index (χ0) is 11.8. The van der Waals surface area contributed by atoms with Crippen molar-refractivity contribution < 1.29 is 8.78 Å². The molecule has 0 radical (unpaired) electrons. The SMILES string of the molecule is Nc1ccc(Br)nc1N1CCC(F)(F)CC1. The van der Waals surface area contributed by atoms with Crippen LogP contribution in [-0.2, 0) is 0 Å². The average molecular weight is 292 g/mol.